The summed E-state index contributed by atoms with van der Waals surface area (Å²) >= 11 is 2.97. The van der Waals surface area contributed by atoms with Crippen molar-refractivity contribution in [1.82, 2.24) is 14.9 Å². The summed E-state index contributed by atoms with van der Waals surface area (Å²) in [5.74, 6) is -0.413. The molecule has 1 saturated heterocycles. The Morgan fingerprint density at radius 2 is 2.24 bits per heavy atom. The largest absolute Gasteiger partial charge is 0.394 e. The monoisotopic (exact) mass is 363 g/mol. The van der Waals surface area contributed by atoms with E-state index in [0.717, 1.165) is 10.6 Å². The third kappa shape index (κ3) is 3.23. The van der Waals surface area contributed by atoms with Gasteiger partial charge in [-0.1, -0.05) is 15.9 Å². The second kappa shape index (κ2) is 6.52. The summed E-state index contributed by atoms with van der Waals surface area (Å²) < 4.78 is 6.44. The van der Waals surface area contributed by atoms with Gasteiger partial charge >= 0.3 is 5.69 Å². The van der Waals surface area contributed by atoms with E-state index in [1.54, 1.807) is 0 Å². The average Bonchev–Trinajstić information content (AvgIpc) is 2.76. The van der Waals surface area contributed by atoms with Crippen LogP contribution in [0.25, 0.3) is 0 Å². The molecular weight excluding hydrogens is 350 g/mol. The van der Waals surface area contributed by atoms with Gasteiger partial charge in [0.05, 0.1) is 11.9 Å². The van der Waals surface area contributed by atoms with E-state index in [9.17, 15) is 24.6 Å². The molecule has 10 heteroatoms. The minimum atomic E-state index is -1.19. The number of carbonyl (C=O) groups excluding carboxylic acids is 1. The topological polar surface area (TPSA) is 134 Å². The summed E-state index contributed by atoms with van der Waals surface area (Å²) in [5, 5.41) is 21.8. The molecule has 9 nitrogen and oxygen atoms in total. The fourth-order valence-electron chi connectivity index (χ4n) is 2.14. The van der Waals surface area contributed by atoms with Crippen LogP contribution in [0.2, 0.25) is 0 Å². The maximum absolute atomic E-state index is 11.8. The highest BCUT2D eigenvalue weighted by atomic mass is 79.9. The van der Waals surface area contributed by atoms with Crippen molar-refractivity contribution in [3.8, 4) is 0 Å². The fourth-order valence-corrected chi connectivity index (χ4v) is 2.30. The number of ether oxygens (including phenoxy) is 1. The Morgan fingerprint density at radius 3 is 2.81 bits per heavy atom. The van der Waals surface area contributed by atoms with Gasteiger partial charge in [-0.25, -0.2) is 4.79 Å². The molecule has 1 aliphatic heterocycles. The van der Waals surface area contributed by atoms with Crippen molar-refractivity contribution in [2.45, 2.75) is 24.5 Å². The van der Waals surface area contributed by atoms with Crippen LogP contribution in [0, 0.1) is 0 Å². The van der Waals surface area contributed by atoms with Crippen LogP contribution in [0.3, 0.4) is 0 Å². The predicted molar refractivity (Wildman–Crippen MR) is 74.1 cm³/mol. The summed E-state index contributed by atoms with van der Waals surface area (Å²) in [4.78, 5) is 36.4. The van der Waals surface area contributed by atoms with Crippen LogP contribution in [0.15, 0.2) is 21.9 Å². The summed E-state index contributed by atoms with van der Waals surface area (Å²) in [6.45, 7) is -0.476. The summed E-state index contributed by atoms with van der Waals surface area (Å²) in [5.41, 5.74) is -1.31. The Bertz CT molecular complexity index is 629. The van der Waals surface area contributed by atoms with Crippen LogP contribution in [-0.2, 0) is 9.53 Å². The first-order chi connectivity index (χ1) is 9.97. The van der Waals surface area contributed by atoms with Gasteiger partial charge in [0.25, 0.3) is 5.56 Å². The molecule has 1 amide bonds. The molecule has 1 aromatic rings. The molecule has 0 aromatic carbocycles. The van der Waals surface area contributed by atoms with E-state index < -0.39 is 48.2 Å². The number of alkyl halides is 1. The number of nitrogens with zero attached hydrogens (tertiary/aromatic N) is 1. The first-order valence-corrected chi connectivity index (χ1v) is 7.21. The molecule has 0 radical (unpaired) electrons. The zero-order valence-corrected chi connectivity index (χ0v) is 12.3. The molecule has 2 rings (SSSR count). The van der Waals surface area contributed by atoms with E-state index in [-0.39, 0.29) is 5.33 Å². The van der Waals surface area contributed by atoms with Gasteiger partial charge in [-0.3, -0.25) is 19.1 Å². The number of nitrogens with one attached hydrogen (secondary N) is 2. The summed E-state index contributed by atoms with van der Waals surface area (Å²) in [7, 11) is 0. The van der Waals surface area contributed by atoms with Gasteiger partial charge in [-0.2, -0.15) is 0 Å². The van der Waals surface area contributed by atoms with Crippen LogP contribution in [-0.4, -0.2) is 55.9 Å². The lowest BCUT2D eigenvalue weighted by Gasteiger charge is -2.22. The first kappa shape index (κ1) is 15.9. The maximum atomic E-state index is 11.8. The molecule has 1 aromatic heterocycles. The second-order valence-electron chi connectivity index (χ2n) is 4.48. The van der Waals surface area contributed by atoms with Crippen LogP contribution in [0.5, 0.6) is 0 Å². The molecule has 116 valence electrons. The predicted octanol–water partition coefficient (Wildman–Crippen LogP) is -2.33. The van der Waals surface area contributed by atoms with Gasteiger partial charge in [-0.15, -0.1) is 0 Å². The Morgan fingerprint density at radius 1 is 1.52 bits per heavy atom. The molecule has 1 fully saturated rings. The summed E-state index contributed by atoms with van der Waals surface area (Å²) in [6, 6.07) is 0.183. The number of aliphatic hydroxyl groups is 2. The molecule has 4 atom stereocenters. The standard InChI is InChI=1S/C11H14BrN3O6/c12-3-7(18)13-8-9(19)5(4-16)21-10(8)15-2-1-6(17)14-11(15)20/h1-2,5,8-10,16,19H,3-4H2,(H,13,18)(H,14,17,20)/t5-,8-,9-,10-/m1/s1. The lowest BCUT2D eigenvalue weighted by Crippen LogP contribution is -2.48. The van der Waals surface area contributed by atoms with Gasteiger partial charge in [0.15, 0.2) is 6.23 Å². The number of rotatable bonds is 4. The number of hydrogen-bond acceptors (Lipinski definition) is 6. The number of amides is 1. The number of halogens is 1. The number of H-pyrrole nitrogens is 1. The van der Waals surface area contributed by atoms with E-state index >= 15 is 0 Å². The van der Waals surface area contributed by atoms with Crippen molar-refractivity contribution in [2.75, 3.05) is 11.9 Å². The smallest absolute Gasteiger partial charge is 0.330 e. The van der Waals surface area contributed by atoms with E-state index in [4.69, 9.17) is 4.74 Å². The van der Waals surface area contributed by atoms with Crippen LogP contribution < -0.4 is 16.6 Å². The number of aromatic amines is 1. The Labute approximate surface area is 126 Å². The summed E-state index contributed by atoms with van der Waals surface area (Å²) in [6.07, 6.45) is -1.98. The second-order valence-corrected chi connectivity index (χ2v) is 5.04. The van der Waals surface area contributed by atoms with Crippen molar-refractivity contribution < 1.29 is 19.7 Å². The minimum absolute atomic E-state index is 0.00720. The van der Waals surface area contributed by atoms with Crippen LogP contribution in [0.4, 0.5) is 0 Å². The number of aromatic nitrogens is 2. The molecule has 0 spiro atoms. The van der Waals surface area contributed by atoms with Crippen molar-refractivity contribution in [3.63, 3.8) is 0 Å². The Kier molecular flexibility index (Phi) is 4.93. The number of carbonyl (C=O) groups is 1. The normalized spacial score (nSPS) is 28.5. The quantitative estimate of drug-likeness (QED) is 0.443. The van der Waals surface area contributed by atoms with E-state index in [0.29, 0.717) is 0 Å². The van der Waals surface area contributed by atoms with Gasteiger partial charge in [0.1, 0.15) is 18.2 Å². The van der Waals surface area contributed by atoms with Crippen LogP contribution >= 0.6 is 15.9 Å². The van der Waals surface area contributed by atoms with Crippen molar-refractivity contribution in [1.29, 1.82) is 0 Å². The first-order valence-electron chi connectivity index (χ1n) is 6.09. The van der Waals surface area contributed by atoms with Crippen molar-refractivity contribution in [3.05, 3.63) is 33.1 Å². The minimum Gasteiger partial charge on any atom is -0.394 e. The molecular formula is C11H14BrN3O6. The highest BCUT2D eigenvalue weighted by Crippen LogP contribution is 2.28. The van der Waals surface area contributed by atoms with Crippen molar-refractivity contribution in [2.24, 2.45) is 0 Å². The lowest BCUT2D eigenvalue weighted by atomic mass is 10.1. The van der Waals surface area contributed by atoms with Gasteiger partial charge < -0.3 is 20.3 Å². The van der Waals surface area contributed by atoms with E-state index in [1.165, 1.54) is 6.20 Å². The van der Waals surface area contributed by atoms with E-state index in [1.807, 2.05) is 0 Å². The van der Waals surface area contributed by atoms with Gasteiger partial charge in [0.2, 0.25) is 5.91 Å². The number of aliphatic hydroxyl groups excluding tert-OH is 2. The fraction of sp³-hybridized carbons (Fsp3) is 0.545. The highest BCUT2D eigenvalue weighted by molar-refractivity contribution is 9.09. The molecule has 4 N–H and O–H groups in total. The molecule has 0 aliphatic carbocycles. The lowest BCUT2D eigenvalue weighted by molar-refractivity contribution is -0.120. The Balaban J connectivity index is 2.36. The molecule has 0 unspecified atom stereocenters. The van der Waals surface area contributed by atoms with Crippen molar-refractivity contribution >= 4 is 21.8 Å². The zero-order valence-electron chi connectivity index (χ0n) is 10.7. The molecule has 21 heavy (non-hydrogen) atoms. The Hall–Kier alpha value is -1.49. The molecule has 2 heterocycles. The third-order valence-corrected chi connectivity index (χ3v) is 3.63. The zero-order chi connectivity index (χ0) is 15.6. The third-order valence-electron chi connectivity index (χ3n) is 3.12. The average molecular weight is 364 g/mol. The van der Waals surface area contributed by atoms with Gasteiger partial charge in [0, 0.05) is 12.3 Å². The molecule has 1 aliphatic rings. The van der Waals surface area contributed by atoms with Crippen LogP contribution in [0.1, 0.15) is 6.23 Å². The SMILES string of the molecule is O=C(CBr)N[C@@H]1[C@H](O)[C@@H](CO)O[C@H]1n1ccc(=O)[nH]c1=O. The molecule has 0 saturated carbocycles. The van der Waals surface area contributed by atoms with E-state index in [2.05, 4.69) is 26.2 Å². The van der Waals surface area contributed by atoms with Gasteiger partial charge in [-0.05, 0) is 0 Å². The number of hydrogen-bond donors (Lipinski definition) is 4. The highest BCUT2D eigenvalue weighted by Gasteiger charge is 2.45. The molecule has 0 bridgehead atoms. The maximum Gasteiger partial charge on any atom is 0.330 e.